The van der Waals surface area contributed by atoms with Crippen molar-refractivity contribution < 1.29 is 13.7 Å². The van der Waals surface area contributed by atoms with Crippen molar-refractivity contribution in [3.05, 3.63) is 53.9 Å². The lowest BCUT2D eigenvalue weighted by atomic mass is 10.2. The van der Waals surface area contributed by atoms with Crippen LogP contribution in [0.4, 0.5) is 10.2 Å². The summed E-state index contributed by atoms with van der Waals surface area (Å²) < 4.78 is 26.8. The second-order valence-electron chi connectivity index (χ2n) is 6.91. The smallest absolute Gasteiger partial charge is 0.249 e. The normalized spacial score (nSPS) is 19.3. The van der Waals surface area contributed by atoms with E-state index in [-0.39, 0.29) is 18.0 Å². The molecule has 1 aliphatic heterocycles. The predicted octanol–water partition coefficient (Wildman–Crippen LogP) is 2.59. The van der Waals surface area contributed by atoms with Crippen LogP contribution >= 0.6 is 0 Å². The highest BCUT2D eigenvalue weighted by Crippen LogP contribution is 2.36. The average Bonchev–Trinajstić information content (AvgIpc) is 3.45. The summed E-state index contributed by atoms with van der Waals surface area (Å²) in [6, 6.07) is 9.91. The number of fused-ring (bicyclic) bond motifs is 1. The highest BCUT2D eigenvalue weighted by atomic mass is 19.1. The summed E-state index contributed by atoms with van der Waals surface area (Å²) >= 11 is 0. The van der Waals surface area contributed by atoms with Crippen LogP contribution < -0.4 is 4.90 Å². The summed E-state index contributed by atoms with van der Waals surface area (Å²) in [6.45, 7) is 2.39. The fourth-order valence-corrected chi connectivity index (χ4v) is 3.65. The van der Waals surface area contributed by atoms with Gasteiger partial charge in [0.25, 0.3) is 0 Å². The summed E-state index contributed by atoms with van der Waals surface area (Å²) in [6.07, 6.45) is 0.692. The number of aryl methyl sites for hydroxylation is 1. The number of halogens is 1. The van der Waals surface area contributed by atoms with E-state index < -0.39 is 0 Å². The predicted molar refractivity (Wildman–Crippen MR) is 101 cm³/mol. The SMILES string of the molecule is COC1CC(c2nc(C)no2)N(c2ccc3nnc(-c4ccccc4F)n3n2)C1. The van der Waals surface area contributed by atoms with Gasteiger partial charge in [-0.2, -0.15) is 9.50 Å². The molecule has 9 nitrogen and oxygen atoms in total. The van der Waals surface area contributed by atoms with Gasteiger partial charge in [-0.3, -0.25) is 0 Å². The van der Waals surface area contributed by atoms with E-state index >= 15 is 0 Å². The molecule has 10 heteroatoms. The molecule has 0 N–H and O–H groups in total. The van der Waals surface area contributed by atoms with Crippen LogP contribution in [0.5, 0.6) is 0 Å². The molecule has 1 fully saturated rings. The van der Waals surface area contributed by atoms with Crippen molar-refractivity contribution in [2.24, 2.45) is 0 Å². The molecule has 0 saturated carbocycles. The minimum Gasteiger partial charge on any atom is -0.380 e. The number of nitrogens with zero attached hydrogens (tertiary/aromatic N) is 7. The first-order valence-corrected chi connectivity index (χ1v) is 9.21. The first-order chi connectivity index (χ1) is 14.1. The van der Waals surface area contributed by atoms with Gasteiger partial charge in [-0.15, -0.1) is 15.3 Å². The van der Waals surface area contributed by atoms with E-state index in [9.17, 15) is 4.39 Å². The van der Waals surface area contributed by atoms with Crippen LogP contribution in [-0.2, 0) is 4.74 Å². The van der Waals surface area contributed by atoms with Gasteiger partial charge in [-0.05, 0) is 31.2 Å². The van der Waals surface area contributed by atoms with E-state index in [1.54, 1.807) is 42.8 Å². The molecular formula is C19H18FN7O2. The molecule has 0 spiro atoms. The zero-order valence-electron chi connectivity index (χ0n) is 15.9. The van der Waals surface area contributed by atoms with Crippen molar-refractivity contribution in [3.63, 3.8) is 0 Å². The molecule has 2 unspecified atom stereocenters. The summed E-state index contributed by atoms with van der Waals surface area (Å²) in [7, 11) is 1.68. The molecule has 0 bridgehead atoms. The number of aromatic nitrogens is 6. The van der Waals surface area contributed by atoms with Crippen molar-refractivity contribution in [1.82, 2.24) is 30.0 Å². The Labute approximate surface area is 165 Å². The van der Waals surface area contributed by atoms with Gasteiger partial charge in [0.05, 0.1) is 11.7 Å². The van der Waals surface area contributed by atoms with Crippen LogP contribution in [0.15, 0.2) is 40.9 Å². The highest BCUT2D eigenvalue weighted by molar-refractivity contribution is 5.60. The fourth-order valence-electron chi connectivity index (χ4n) is 3.65. The minimum absolute atomic E-state index is 0.00310. The Kier molecular flexibility index (Phi) is 4.20. The first-order valence-electron chi connectivity index (χ1n) is 9.21. The third kappa shape index (κ3) is 3.01. The van der Waals surface area contributed by atoms with Gasteiger partial charge in [-0.1, -0.05) is 17.3 Å². The van der Waals surface area contributed by atoms with E-state index in [2.05, 4.69) is 20.3 Å². The molecule has 29 heavy (non-hydrogen) atoms. The third-order valence-corrected chi connectivity index (χ3v) is 5.08. The molecular weight excluding hydrogens is 377 g/mol. The first kappa shape index (κ1) is 17.7. The van der Waals surface area contributed by atoms with Crippen LogP contribution in [0.25, 0.3) is 17.0 Å². The number of hydrogen-bond donors (Lipinski definition) is 0. The molecule has 1 aromatic carbocycles. The molecule has 3 aromatic heterocycles. The van der Waals surface area contributed by atoms with E-state index in [1.165, 1.54) is 6.07 Å². The van der Waals surface area contributed by atoms with Crippen LogP contribution in [0.2, 0.25) is 0 Å². The lowest BCUT2D eigenvalue weighted by molar-refractivity contribution is 0.117. The van der Waals surface area contributed by atoms with Gasteiger partial charge < -0.3 is 14.2 Å². The quantitative estimate of drug-likeness (QED) is 0.520. The Hall–Kier alpha value is -3.40. The van der Waals surface area contributed by atoms with Crippen molar-refractivity contribution in [1.29, 1.82) is 0 Å². The standard InChI is InChI=1S/C19H18FN7O2/c1-11-21-19(29-25-11)15-9-12(28-2)10-26(15)17-8-7-16-22-23-18(27(16)24-17)13-5-3-4-6-14(13)20/h3-8,12,15H,9-10H2,1-2H3. The number of ether oxygens (including phenoxy) is 1. The van der Waals surface area contributed by atoms with Crippen LogP contribution in [-0.4, -0.2) is 49.7 Å². The van der Waals surface area contributed by atoms with Crippen LogP contribution in [0.3, 0.4) is 0 Å². The number of rotatable bonds is 4. The molecule has 1 saturated heterocycles. The van der Waals surface area contributed by atoms with Gasteiger partial charge in [0.15, 0.2) is 23.1 Å². The molecule has 4 heterocycles. The van der Waals surface area contributed by atoms with Crippen molar-refractivity contribution >= 4 is 11.5 Å². The van der Waals surface area contributed by atoms with E-state index in [0.717, 1.165) is 0 Å². The molecule has 4 aromatic rings. The van der Waals surface area contributed by atoms with Crippen LogP contribution in [0, 0.1) is 12.7 Å². The number of hydrogen-bond acceptors (Lipinski definition) is 8. The molecule has 1 aliphatic rings. The zero-order chi connectivity index (χ0) is 20.0. The van der Waals surface area contributed by atoms with Crippen molar-refractivity contribution in [2.75, 3.05) is 18.6 Å². The zero-order valence-corrected chi connectivity index (χ0v) is 15.9. The lowest BCUT2D eigenvalue weighted by Crippen LogP contribution is -2.26. The Morgan fingerprint density at radius 1 is 1.17 bits per heavy atom. The van der Waals surface area contributed by atoms with Crippen LogP contribution in [0.1, 0.15) is 24.2 Å². The Balaban J connectivity index is 1.59. The Morgan fingerprint density at radius 2 is 2.03 bits per heavy atom. The molecule has 5 rings (SSSR count). The van der Waals surface area contributed by atoms with E-state index in [0.29, 0.717) is 47.5 Å². The largest absolute Gasteiger partial charge is 0.380 e. The molecule has 0 amide bonds. The number of benzene rings is 1. The molecule has 0 radical (unpaired) electrons. The maximum Gasteiger partial charge on any atom is 0.249 e. The maximum atomic E-state index is 14.3. The second-order valence-corrected chi connectivity index (χ2v) is 6.91. The van der Waals surface area contributed by atoms with Gasteiger partial charge in [-0.25, -0.2) is 4.39 Å². The van der Waals surface area contributed by atoms with Crippen molar-refractivity contribution in [2.45, 2.75) is 25.5 Å². The van der Waals surface area contributed by atoms with Gasteiger partial charge in [0.2, 0.25) is 5.89 Å². The Bertz CT molecular complexity index is 1170. The highest BCUT2D eigenvalue weighted by Gasteiger charge is 2.38. The summed E-state index contributed by atoms with van der Waals surface area (Å²) in [4.78, 5) is 6.43. The third-order valence-electron chi connectivity index (χ3n) is 5.08. The fraction of sp³-hybridized carbons (Fsp3) is 0.316. The maximum absolute atomic E-state index is 14.3. The monoisotopic (exact) mass is 395 g/mol. The number of methoxy groups -OCH3 is 1. The van der Waals surface area contributed by atoms with E-state index in [1.807, 2.05) is 11.0 Å². The summed E-state index contributed by atoms with van der Waals surface area (Å²) in [5.74, 6) is 1.71. The minimum atomic E-state index is -0.381. The molecule has 2 atom stereocenters. The lowest BCUT2D eigenvalue weighted by Gasteiger charge is -2.22. The van der Waals surface area contributed by atoms with Gasteiger partial charge in [0, 0.05) is 20.1 Å². The summed E-state index contributed by atoms with van der Waals surface area (Å²) in [5.41, 5.74) is 0.865. The summed E-state index contributed by atoms with van der Waals surface area (Å²) in [5, 5.41) is 16.8. The van der Waals surface area contributed by atoms with E-state index in [4.69, 9.17) is 14.4 Å². The molecule has 148 valence electrons. The van der Waals surface area contributed by atoms with Crippen molar-refractivity contribution in [3.8, 4) is 11.4 Å². The van der Waals surface area contributed by atoms with Gasteiger partial charge >= 0.3 is 0 Å². The Morgan fingerprint density at radius 3 is 2.79 bits per heavy atom. The average molecular weight is 395 g/mol. The van der Waals surface area contributed by atoms with Gasteiger partial charge in [0.1, 0.15) is 11.9 Å². The topological polar surface area (TPSA) is 94.5 Å². The number of anilines is 1. The second kappa shape index (κ2) is 6.89. The molecule has 0 aliphatic carbocycles.